The largest absolute Gasteiger partial charge is 0.355 e. The van der Waals surface area contributed by atoms with Crippen molar-refractivity contribution in [3.63, 3.8) is 0 Å². The number of amides is 1. The van der Waals surface area contributed by atoms with Gasteiger partial charge in [-0.05, 0) is 44.2 Å². The minimum atomic E-state index is 0.120. The van der Waals surface area contributed by atoms with Crippen LogP contribution < -0.4 is 5.32 Å². The molecule has 7 heteroatoms. The Morgan fingerprint density at radius 1 is 1.17 bits per heavy atom. The monoisotopic (exact) mass is 411 g/mol. The molecule has 1 N–H and O–H groups in total. The summed E-state index contributed by atoms with van der Waals surface area (Å²) in [5, 5.41) is 7.17. The van der Waals surface area contributed by atoms with E-state index in [0.717, 1.165) is 70.7 Å². The van der Waals surface area contributed by atoms with E-state index in [-0.39, 0.29) is 11.8 Å². The Balaban J connectivity index is 1.19. The van der Waals surface area contributed by atoms with Crippen LogP contribution in [0.3, 0.4) is 0 Å². The normalized spacial score (nSPS) is 21.6. The summed E-state index contributed by atoms with van der Waals surface area (Å²) in [6.07, 6.45) is 5.28. The van der Waals surface area contributed by atoms with Gasteiger partial charge in [0, 0.05) is 39.1 Å². The smallest absolute Gasteiger partial charge is 0.224 e. The van der Waals surface area contributed by atoms with E-state index in [1.807, 2.05) is 25.1 Å². The maximum Gasteiger partial charge on any atom is 0.224 e. The van der Waals surface area contributed by atoms with Gasteiger partial charge < -0.3 is 9.84 Å². The lowest BCUT2D eigenvalue weighted by molar-refractivity contribution is -0.127. The Kier molecular flexibility index (Phi) is 7.12. The molecule has 2 fully saturated rings. The number of carbonyl (C=O) groups is 1. The number of benzene rings is 1. The molecule has 0 unspecified atom stereocenters. The molecule has 1 atom stereocenters. The van der Waals surface area contributed by atoms with Gasteiger partial charge in [-0.3, -0.25) is 14.6 Å². The first-order chi connectivity index (χ1) is 14.7. The van der Waals surface area contributed by atoms with Gasteiger partial charge in [0.2, 0.25) is 11.8 Å². The molecule has 2 aliphatic heterocycles. The minimum Gasteiger partial charge on any atom is -0.355 e. The van der Waals surface area contributed by atoms with E-state index in [2.05, 4.69) is 37.4 Å². The Morgan fingerprint density at radius 3 is 2.70 bits per heavy atom. The first-order valence-corrected chi connectivity index (χ1v) is 11.2. The summed E-state index contributed by atoms with van der Waals surface area (Å²) in [5.74, 6) is 1.74. The number of nitrogens with one attached hydrogen (secondary N) is 1. The minimum absolute atomic E-state index is 0.120. The molecule has 30 heavy (non-hydrogen) atoms. The molecule has 4 rings (SSSR count). The molecule has 1 aromatic carbocycles. The van der Waals surface area contributed by atoms with E-state index in [1.54, 1.807) is 0 Å². The number of likely N-dealkylation sites (tertiary alicyclic amines) is 2. The van der Waals surface area contributed by atoms with Gasteiger partial charge in [-0.15, -0.1) is 0 Å². The Labute approximate surface area is 178 Å². The summed E-state index contributed by atoms with van der Waals surface area (Å²) in [6, 6.07) is 10.9. The fraction of sp³-hybridized carbons (Fsp3) is 0.609. The summed E-state index contributed by atoms with van der Waals surface area (Å²) in [4.78, 5) is 22.0. The van der Waals surface area contributed by atoms with Gasteiger partial charge >= 0.3 is 0 Å². The average Bonchev–Trinajstić information content (AvgIpc) is 3.19. The van der Waals surface area contributed by atoms with E-state index < -0.39 is 0 Å². The standard InChI is InChI=1S/C23H33N5O2/c1-18-25-22(26-30-18)17-27-14-10-21(11-15-27)28-13-5-8-20(16-28)23(29)24-12-9-19-6-3-2-4-7-19/h2-4,6-7,20-21H,5,8-17H2,1H3,(H,24,29)/t20-/m0/s1. The van der Waals surface area contributed by atoms with Crippen molar-refractivity contribution in [2.75, 3.05) is 32.7 Å². The third kappa shape index (κ3) is 5.67. The molecular weight excluding hydrogens is 378 g/mol. The highest BCUT2D eigenvalue weighted by Gasteiger charge is 2.31. The van der Waals surface area contributed by atoms with Crippen LogP contribution in [0, 0.1) is 12.8 Å². The van der Waals surface area contributed by atoms with Crippen molar-refractivity contribution >= 4 is 5.91 Å². The van der Waals surface area contributed by atoms with E-state index >= 15 is 0 Å². The van der Waals surface area contributed by atoms with Crippen molar-refractivity contribution in [1.82, 2.24) is 25.3 Å². The number of nitrogens with zero attached hydrogens (tertiary/aromatic N) is 4. The molecular formula is C23H33N5O2. The van der Waals surface area contributed by atoms with Crippen molar-refractivity contribution in [3.8, 4) is 0 Å². The molecule has 0 bridgehead atoms. The third-order valence-corrected chi connectivity index (χ3v) is 6.39. The van der Waals surface area contributed by atoms with Crippen LogP contribution in [-0.4, -0.2) is 64.6 Å². The number of hydrogen-bond donors (Lipinski definition) is 1. The van der Waals surface area contributed by atoms with Crippen LogP contribution in [-0.2, 0) is 17.8 Å². The summed E-state index contributed by atoms with van der Waals surface area (Å²) in [6.45, 7) is 7.40. The molecule has 0 radical (unpaired) electrons. The number of piperidine rings is 2. The van der Waals surface area contributed by atoms with Crippen molar-refractivity contribution in [1.29, 1.82) is 0 Å². The van der Waals surface area contributed by atoms with E-state index in [1.165, 1.54) is 5.56 Å². The summed E-state index contributed by atoms with van der Waals surface area (Å²) >= 11 is 0. The predicted octanol–water partition coefficient (Wildman–Crippen LogP) is 2.41. The molecule has 7 nitrogen and oxygen atoms in total. The average molecular weight is 412 g/mol. The highest BCUT2D eigenvalue weighted by molar-refractivity contribution is 5.79. The molecule has 0 aliphatic carbocycles. The van der Waals surface area contributed by atoms with Crippen LogP contribution in [0.2, 0.25) is 0 Å². The molecule has 2 saturated heterocycles. The van der Waals surface area contributed by atoms with Crippen LogP contribution in [0.15, 0.2) is 34.9 Å². The van der Waals surface area contributed by atoms with Gasteiger partial charge in [0.1, 0.15) is 0 Å². The fourth-order valence-corrected chi connectivity index (χ4v) is 4.72. The zero-order valence-electron chi connectivity index (χ0n) is 17.9. The fourth-order valence-electron chi connectivity index (χ4n) is 4.72. The van der Waals surface area contributed by atoms with Gasteiger partial charge in [-0.2, -0.15) is 4.98 Å². The second kappa shape index (κ2) is 10.2. The first-order valence-electron chi connectivity index (χ1n) is 11.2. The van der Waals surface area contributed by atoms with Gasteiger partial charge in [0.25, 0.3) is 0 Å². The topological polar surface area (TPSA) is 74.5 Å². The molecule has 2 aliphatic rings. The van der Waals surface area contributed by atoms with Gasteiger partial charge in [0.05, 0.1) is 12.5 Å². The predicted molar refractivity (Wildman–Crippen MR) is 115 cm³/mol. The van der Waals surface area contributed by atoms with Crippen LogP contribution in [0.5, 0.6) is 0 Å². The Morgan fingerprint density at radius 2 is 1.97 bits per heavy atom. The zero-order chi connectivity index (χ0) is 20.8. The molecule has 1 amide bonds. The lowest BCUT2D eigenvalue weighted by Crippen LogP contribution is -2.50. The number of carbonyl (C=O) groups excluding carboxylic acids is 1. The van der Waals surface area contributed by atoms with Crippen LogP contribution in [0.4, 0.5) is 0 Å². The molecule has 2 aromatic rings. The number of aryl methyl sites for hydroxylation is 1. The number of hydrogen-bond acceptors (Lipinski definition) is 6. The molecule has 162 valence electrons. The quantitative estimate of drug-likeness (QED) is 0.754. The van der Waals surface area contributed by atoms with Gasteiger partial charge in [0.15, 0.2) is 5.82 Å². The Bertz CT molecular complexity index is 801. The van der Waals surface area contributed by atoms with Crippen molar-refractivity contribution in [3.05, 3.63) is 47.6 Å². The molecule has 1 aromatic heterocycles. The zero-order valence-corrected chi connectivity index (χ0v) is 17.9. The van der Waals surface area contributed by atoms with Crippen molar-refractivity contribution in [2.24, 2.45) is 5.92 Å². The van der Waals surface area contributed by atoms with Crippen molar-refractivity contribution in [2.45, 2.75) is 51.6 Å². The molecule has 0 spiro atoms. The first kappa shape index (κ1) is 21.0. The van der Waals surface area contributed by atoms with Crippen LogP contribution in [0.25, 0.3) is 0 Å². The van der Waals surface area contributed by atoms with Crippen molar-refractivity contribution < 1.29 is 9.32 Å². The molecule has 0 saturated carbocycles. The second-order valence-corrected chi connectivity index (χ2v) is 8.60. The van der Waals surface area contributed by atoms with E-state index in [4.69, 9.17) is 4.52 Å². The second-order valence-electron chi connectivity index (χ2n) is 8.60. The van der Waals surface area contributed by atoms with Crippen LogP contribution in [0.1, 0.15) is 43.0 Å². The van der Waals surface area contributed by atoms with Crippen LogP contribution >= 0.6 is 0 Å². The highest BCUT2D eigenvalue weighted by Crippen LogP contribution is 2.24. The number of rotatable bonds is 7. The lowest BCUT2D eigenvalue weighted by atomic mass is 9.93. The van der Waals surface area contributed by atoms with Gasteiger partial charge in [-0.1, -0.05) is 35.5 Å². The Hall–Kier alpha value is -2.25. The van der Waals surface area contributed by atoms with E-state index in [0.29, 0.717) is 18.5 Å². The summed E-state index contributed by atoms with van der Waals surface area (Å²) in [5.41, 5.74) is 1.27. The van der Waals surface area contributed by atoms with E-state index in [9.17, 15) is 4.79 Å². The lowest BCUT2D eigenvalue weighted by Gasteiger charge is -2.41. The highest BCUT2D eigenvalue weighted by atomic mass is 16.5. The summed E-state index contributed by atoms with van der Waals surface area (Å²) < 4.78 is 5.08. The SMILES string of the molecule is Cc1nc(CN2CCC(N3CCC[C@H](C(=O)NCCc4ccccc4)C3)CC2)no1. The number of aromatic nitrogens is 2. The third-order valence-electron chi connectivity index (χ3n) is 6.39. The maximum absolute atomic E-state index is 12.7. The molecule has 3 heterocycles. The van der Waals surface area contributed by atoms with Gasteiger partial charge in [-0.25, -0.2) is 0 Å². The summed E-state index contributed by atoms with van der Waals surface area (Å²) in [7, 11) is 0. The maximum atomic E-state index is 12.7.